The molecule has 0 atom stereocenters. The minimum absolute atomic E-state index is 0.262. The van der Waals surface area contributed by atoms with Crippen molar-refractivity contribution in [2.75, 3.05) is 13.7 Å². The van der Waals surface area contributed by atoms with E-state index in [0.29, 0.717) is 13.0 Å². The third kappa shape index (κ3) is 7.87. The van der Waals surface area contributed by atoms with Crippen LogP contribution in [0.25, 0.3) is 0 Å². The van der Waals surface area contributed by atoms with Crippen molar-refractivity contribution in [1.82, 2.24) is 0 Å². The van der Waals surface area contributed by atoms with E-state index in [1.54, 1.807) is 6.08 Å². The maximum absolute atomic E-state index is 11.9. The molecule has 1 rings (SSSR count). The fourth-order valence-electron chi connectivity index (χ4n) is 2.22. The average molecular weight is 304 g/mol. The van der Waals surface area contributed by atoms with Crippen LogP contribution < -0.4 is 0 Å². The van der Waals surface area contributed by atoms with E-state index in [9.17, 15) is 4.79 Å². The van der Waals surface area contributed by atoms with Gasteiger partial charge in [-0.3, -0.25) is 0 Å². The Hall–Kier alpha value is -1.77. The number of hydrogen-bond donors (Lipinski definition) is 0. The van der Waals surface area contributed by atoms with Crippen LogP contribution in [0.15, 0.2) is 47.3 Å². The fourth-order valence-corrected chi connectivity index (χ4v) is 2.22. The van der Waals surface area contributed by atoms with Crippen LogP contribution in [0.3, 0.4) is 0 Å². The minimum atomic E-state index is -0.403. The largest absolute Gasteiger partial charge is 0.490 e. The summed E-state index contributed by atoms with van der Waals surface area (Å²) in [5.41, 5.74) is 2.43. The van der Waals surface area contributed by atoms with Crippen LogP contribution in [-0.2, 0) is 14.3 Å². The maximum atomic E-state index is 11.9. The number of methoxy groups -OCH3 is 1. The molecule has 0 radical (unpaired) electrons. The number of esters is 1. The molecule has 0 unspecified atom stereocenters. The Balaban J connectivity index is 2.73. The molecule has 1 aliphatic heterocycles. The first-order valence-corrected chi connectivity index (χ1v) is 8.05. The van der Waals surface area contributed by atoms with E-state index in [1.807, 2.05) is 19.1 Å². The van der Waals surface area contributed by atoms with E-state index in [0.717, 1.165) is 18.4 Å². The number of rotatable bonds is 1. The van der Waals surface area contributed by atoms with Crippen molar-refractivity contribution in [2.24, 2.45) is 0 Å². The lowest BCUT2D eigenvalue weighted by atomic mass is 10.1. The summed E-state index contributed by atoms with van der Waals surface area (Å²) >= 11 is 0. The molecule has 0 saturated carbocycles. The van der Waals surface area contributed by atoms with Crippen LogP contribution >= 0.6 is 0 Å². The SMILES string of the molecule is CO/C1=C\C(C)=C\CCCCC/C(C)=C/C=C/CCOC1=O. The molecule has 22 heavy (non-hydrogen) atoms. The van der Waals surface area contributed by atoms with Crippen molar-refractivity contribution < 1.29 is 14.3 Å². The smallest absolute Gasteiger partial charge is 0.373 e. The van der Waals surface area contributed by atoms with Crippen molar-refractivity contribution in [1.29, 1.82) is 0 Å². The minimum Gasteiger partial charge on any atom is -0.490 e. The van der Waals surface area contributed by atoms with Gasteiger partial charge in [-0.25, -0.2) is 4.79 Å². The molecular formula is C19H28O3. The molecule has 3 nitrogen and oxygen atoms in total. The predicted molar refractivity (Wildman–Crippen MR) is 90.4 cm³/mol. The lowest BCUT2D eigenvalue weighted by molar-refractivity contribution is -0.142. The van der Waals surface area contributed by atoms with Crippen molar-refractivity contribution in [2.45, 2.75) is 52.4 Å². The van der Waals surface area contributed by atoms with Crippen LogP contribution in [0.1, 0.15) is 52.4 Å². The number of ether oxygens (including phenoxy) is 2. The molecule has 1 aliphatic rings. The van der Waals surface area contributed by atoms with Gasteiger partial charge in [0.2, 0.25) is 5.76 Å². The highest BCUT2D eigenvalue weighted by Crippen LogP contribution is 2.12. The second kappa shape index (κ2) is 10.9. The van der Waals surface area contributed by atoms with Gasteiger partial charge in [-0.1, -0.05) is 41.9 Å². The van der Waals surface area contributed by atoms with Crippen molar-refractivity contribution in [3.63, 3.8) is 0 Å². The highest BCUT2D eigenvalue weighted by atomic mass is 16.6. The van der Waals surface area contributed by atoms with Crippen LogP contribution in [0, 0.1) is 0 Å². The molecule has 0 bridgehead atoms. The second-order valence-electron chi connectivity index (χ2n) is 5.63. The van der Waals surface area contributed by atoms with E-state index in [4.69, 9.17) is 9.47 Å². The molecule has 0 aromatic heterocycles. The zero-order chi connectivity index (χ0) is 16.2. The highest BCUT2D eigenvalue weighted by molar-refractivity contribution is 5.86. The Morgan fingerprint density at radius 2 is 1.95 bits per heavy atom. The molecule has 1 heterocycles. The zero-order valence-electron chi connectivity index (χ0n) is 14.1. The molecule has 0 spiro atoms. The van der Waals surface area contributed by atoms with Gasteiger partial charge in [0.05, 0.1) is 13.7 Å². The lowest BCUT2D eigenvalue weighted by Gasteiger charge is -2.06. The van der Waals surface area contributed by atoms with Gasteiger partial charge in [0.15, 0.2) is 0 Å². The molecule has 0 amide bonds. The number of hydrogen-bond acceptors (Lipinski definition) is 3. The van der Waals surface area contributed by atoms with Crippen molar-refractivity contribution in [3.05, 3.63) is 47.3 Å². The summed E-state index contributed by atoms with van der Waals surface area (Å²) in [5.74, 6) is -0.141. The number of allylic oxidation sites excluding steroid dienone is 6. The molecule has 3 heteroatoms. The van der Waals surface area contributed by atoms with E-state index in [2.05, 4.69) is 19.1 Å². The first kappa shape index (κ1) is 18.3. The summed E-state index contributed by atoms with van der Waals surface area (Å²) in [6, 6.07) is 0. The van der Waals surface area contributed by atoms with E-state index < -0.39 is 5.97 Å². The Bertz CT molecular complexity index is 467. The van der Waals surface area contributed by atoms with Gasteiger partial charge in [0, 0.05) is 0 Å². The summed E-state index contributed by atoms with van der Waals surface area (Å²) in [6.45, 7) is 4.51. The number of carbonyl (C=O) groups is 1. The molecule has 122 valence electrons. The summed E-state index contributed by atoms with van der Waals surface area (Å²) in [6.07, 6.45) is 16.6. The summed E-state index contributed by atoms with van der Waals surface area (Å²) < 4.78 is 10.3. The molecule has 0 N–H and O–H groups in total. The van der Waals surface area contributed by atoms with E-state index in [-0.39, 0.29) is 5.76 Å². The fraction of sp³-hybridized carbons (Fsp3) is 0.526. The van der Waals surface area contributed by atoms with Crippen molar-refractivity contribution >= 4 is 5.97 Å². The zero-order valence-corrected chi connectivity index (χ0v) is 14.1. The van der Waals surface area contributed by atoms with Gasteiger partial charge in [-0.15, -0.1) is 0 Å². The lowest BCUT2D eigenvalue weighted by Crippen LogP contribution is -2.10. The number of carbonyl (C=O) groups excluding carboxylic acids is 1. The van der Waals surface area contributed by atoms with E-state index >= 15 is 0 Å². The molecule has 0 aliphatic carbocycles. The summed E-state index contributed by atoms with van der Waals surface area (Å²) in [5, 5.41) is 0. The molecule has 0 aromatic carbocycles. The van der Waals surface area contributed by atoms with Crippen LogP contribution in [0.4, 0.5) is 0 Å². The maximum Gasteiger partial charge on any atom is 0.373 e. The Morgan fingerprint density at radius 3 is 2.73 bits per heavy atom. The normalized spacial score (nSPS) is 28.0. The van der Waals surface area contributed by atoms with E-state index in [1.165, 1.54) is 31.9 Å². The molecule has 0 fully saturated rings. The first-order valence-electron chi connectivity index (χ1n) is 8.05. The first-order chi connectivity index (χ1) is 10.6. The quantitative estimate of drug-likeness (QED) is 0.649. The molecule has 0 saturated heterocycles. The van der Waals surface area contributed by atoms with Gasteiger partial charge in [-0.2, -0.15) is 0 Å². The monoisotopic (exact) mass is 304 g/mol. The van der Waals surface area contributed by atoms with Gasteiger partial charge >= 0.3 is 5.97 Å². The Morgan fingerprint density at radius 1 is 1.14 bits per heavy atom. The molecular weight excluding hydrogens is 276 g/mol. The van der Waals surface area contributed by atoms with Crippen molar-refractivity contribution in [3.8, 4) is 0 Å². The second-order valence-corrected chi connectivity index (χ2v) is 5.63. The Kier molecular flexibility index (Phi) is 9.04. The standard InChI is InChI=1S/C19H28O3/c1-16-11-7-4-5-8-13-17(2)15-18(21-3)19(20)22-14-10-6-9-12-16/h6,9,12-13,15H,4-5,7-8,10-11,14H2,1-3H3/b9-6+,16-12+,17-13+,18-15-. The third-order valence-electron chi connectivity index (χ3n) is 3.56. The topological polar surface area (TPSA) is 35.5 Å². The van der Waals surface area contributed by atoms with Crippen LogP contribution in [0.5, 0.6) is 0 Å². The van der Waals surface area contributed by atoms with Gasteiger partial charge < -0.3 is 9.47 Å². The summed E-state index contributed by atoms with van der Waals surface area (Å²) in [4.78, 5) is 11.9. The predicted octanol–water partition coefficient (Wildman–Crippen LogP) is 4.86. The third-order valence-corrected chi connectivity index (χ3v) is 3.56. The highest BCUT2D eigenvalue weighted by Gasteiger charge is 2.10. The summed E-state index contributed by atoms with van der Waals surface area (Å²) in [7, 11) is 1.50. The number of cyclic esters (lactones) is 1. The molecule has 0 aromatic rings. The van der Waals surface area contributed by atoms with Gasteiger partial charge in [0.1, 0.15) is 0 Å². The van der Waals surface area contributed by atoms with Crippen LogP contribution in [-0.4, -0.2) is 19.7 Å². The average Bonchev–Trinajstić information content (AvgIpc) is 2.50. The van der Waals surface area contributed by atoms with Crippen LogP contribution in [0.2, 0.25) is 0 Å². The Labute approximate surface area is 134 Å². The van der Waals surface area contributed by atoms with Gasteiger partial charge in [-0.05, 0) is 52.0 Å². The van der Waals surface area contributed by atoms with Gasteiger partial charge in [0.25, 0.3) is 0 Å².